The number of amides is 1. The number of hydrogen-bond acceptors (Lipinski definition) is 4. The van der Waals surface area contributed by atoms with E-state index in [1.165, 1.54) is 0 Å². The number of halogens is 6. The lowest BCUT2D eigenvalue weighted by Crippen LogP contribution is -2.46. The van der Waals surface area contributed by atoms with Gasteiger partial charge in [-0.25, -0.2) is 14.8 Å². The molecule has 0 aliphatic carbocycles. The summed E-state index contributed by atoms with van der Waals surface area (Å²) in [6.45, 7) is -2.24. The van der Waals surface area contributed by atoms with Crippen LogP contribution in [-0.2, 0) is 4.79 Å². The number of carbonyl (C=O) groups excluding carboxylic acids is 1. The van der Waals surface area contributed by atoms with Gasteiger partial charge in [0.2, 0.25) is 0 Å². The maximum Gasteiger partial charge on any atom is 0.471 e. The Balaban J connectivity index is 3.18. The van der Waals surface area contributed by atoms with E-state index in [9.17, 15) is 35.9 Å². The average Bonchev–Trinajstić information content (AvgIpc) is 2.33. The van der Waals surface area contributed by atoms with E-state index in [1.807, 2.05) is 0 Å². The third kappa shape index (κ3) is 4.57. The Morgan fingerprint density at radius 2 is 1.67 bits per heavy atom. The van der Waals surface area contributed by atoms with Crippen molar-refractivity contribution in [3.05, 3.63) is 18.1 Å². The molecule has 1 aromatic heterocycles. The van der Waals surface area contributed by atoms with E-state index in [0.717, 1.165) is 0 Å². The van der Waals surface area contributed by atoms with Gasteiger partial charge < -0.3 is 5.11 Å². The molecule has 21 heavy (non-hydrogen) atoms. The lowest BCUT2D eigenvalue weighted by atomic mass is 10.4. The van der Waals surface area contributed by atoms with Crippen LogP contribution >= 0.6 is 0 Å². The summed E-state index contributed by atoms with van der Waals surface area (Å²) in [6.07, 6.45) is -9.91. The first-order valence-corrected chi connectivity index (χ1v) is 4.92. The van der Waals surface area contributed by atoms with Crippen molar-refractivity contribution in [2.24, 2.45) is 0 Å². The summed E-state index contributed by atoms with van der Waals surface area (Å²) < 4.78 is 73.5. The van der Waals surface area contributed by atoms with Gasteiger partial charge in [0.1, 0.15) is 6.54 Å². The first-order chi connectivity index (χ1) is 9.42. The molecule has 1 amide bonds. The van der Waals surface area contributed by atoms with Gasteiger partial charge in [0.05, 0.1) is 12.4 Å². The van der Waals surface area contributed by atoms with Gasteiger partial charge in [0.15, 0.2) is 11.5 Å². The van der Waals surface area contributed by atoms with Crippen LogP contribution in [0.2, 0.25) is 0 Å². The van der Waals surface area contributed by atoms with Crippen LogP contribution in [0.5, 0.6) is 0 Å². The van der Waals surface area contributed by atoms with Crippen LogP contribution < -0.4 is 4.90 Å². The fraction of sp³-hybridized carbons (Fsp3) is 0.333. The monoisotopic (exact) mass is 317 g/mol. The number of aromatic nitrogens is 2. The van der Waals surface area contributed by atoms with Crippen LogP contribution in [0, 0.1) is 0 Å². The zero-order valence-electron chi connectivity index (χ0n) is 9.73. The number of anilines is 1. The zero-order chi connectivity index (χ0) is 16.4. The van der Waals surface area contributed by atoms with Crippen molar-refractivity contribution >= 4 is 17.7 Å². The van der Waals surface area contributed by atoms with E-state index in [4.69, 9.17) is 5.11 Å². The highest BCUT2D eigenvalue weighted by Gasteiger charge is 2.47. The second-order valence-electron chi connectivity index (χ2n) is 3.57. The quantitative estimate of drug-likeness (QED) is 0.857. The third-order valence-corrected chi connectivity index (χ3v) is 1.96. The summed E-state index contributed by atoms with van der Waals surface area (Å²) in [7, 11) is 0. The lowest BCUT2D eigenvalue weighted by Gasteiger charge is -2.23. The first-order valence-electron chi connectivity index (χ1n) is 4.92. The van der Waals surface area contributed by atoms with Crippen LogP contribution in [0.25, 0.3) is 0 Å². The number of rotatable bonds is 3. The van der Waals surface area contributed by atoms with Gasteiger partial charge in [0.25, 0.3) is 0 Å². The van der Waals surface area contributed by atoms with Crippen molar-refractivity contribution < 1.29 is 41.0 Å². The van der Waals surface area contributed by atoms with Crippen molar-refractivity contribution in [1.82, 2.24) is 9.97 Å². The minimum atomic E-state index is -5.56. The van der Waals surface area contributed by atoms with E-state index >= 15 is 0 Å². The van der Waals surface area contributed by atoms with Crippen LogP contribution in [0.4, 0.5) is 32.2 Å². The molecular formula is C9H5F6N3O3. The molecule has 0 bridgehead atoms. The number of carboxylic acid groups (broad SMARTS) is 1. The standard InChI is InChI=1S/C9H5F6N3O3/c10-8(11,12)3-18(7(21)9(13,14)15)5-2-16-4(1-17-5)6(19)20/h1-2H,3H2,(H,19,20). The van der Waals surface area contributed by atoms with E-state index < -0.39 is 47.2 Å². The molecule has 0 radical (unpaired) electrons. The average molecular weight is 317 g/mol. The third-order valence-electron chi connectivity index (χ3n) is 1.96. The highest BCUT2D eigenvalue weighted by atomic mass is 19.4. The molecule has 1 N–H and O–H groups in total. The highest BCUT2D eigenvalue weighted by Crippen LogP contribution is 2.26. The van der Waals surface area contributed by atoms with Crippen LogP contribution in [0.15, 0.2) is 12.4 Å². The van der Waals surface area contributed by atoms with Gasteiger partial charge in [-0.3, -0.25) is 9.69 Å². The molecule has 1 aromatic rings. The van der Waals surface area contributed by atoms with Gasteiger partial charge in [-0.2, -0.15) is 26.3 Å². The molecular weight excluding hydrogens is 312 g/mol. The van der Waals surface area contributed by atoms with Crippen LogP contribution in [0.1, 0.15) is 10.5 Å². The van der Waals surface area contributed by atoms with Crippen LogP contribution in [-0.4, -0.2) is 45.8 Å². The predicted molar refractivity (Wildman–Crippen MR) is 53.5 cm³/mol. The number of nitrogens with zero attached hydrogens (tertiary/aromatic N) is 3. The molecule has 6 nitrogen and oxygen atoms in total. The maximum absolute atomic E-state index is 12.3. The summed E-state index contributed by atoms with van der Waals surface area (Å²) >= 11 is 0. The molecule has 0 atom stereocenters. The van der Waals surface area contributed by atoms with Crippen molar-refractivity contribution in [3.8, 4) is 0 Å². The van der Waals surface area contributed by atoms with E-state index in [1.54, 1.807) is 0 Å². The summed E-state index contributed by atoms with van der Waals surface area (Å²) in [5.41, 5.74) is -0.704. The summed E-state index contributed by atoms with van der Waals surface area (Å²) in [5.74, 6) is -5.45. The second-order valence-corrected chi connectivity index (χ2v) is 3.57. The Kier molecular flexibility index (Phi) is 4.39. The van der Waals surface area contributed by atoms with E-state index in [-0.39, 0.29) is 0 Å². The molecule has 116 valence electrons. The fourth-order valence-electron chi connectivity index (χ4n) is 1.16. The Morgan fingerprint density at radius 1 is 1.10 bits per heavy atom. The van der Waals surface area contributed by atoms with Crippen molar-refractivity contribution in [2.45, 2.75) is 12.4 Å². The summed E-state index contributed by atoms with van der Waals surface area (Å²) in [4.78, 5) is 26.9. The molecule has 12 heteroatoms. The number of alkyl halides is 6. The molecule has 0 saturated carbocycles. The van der Waals surface area contributed by atoms with Crippen molar-refractivity contribution in [3.63, 3.8) is 0 Å². The van der Waals surface area contributed by atoms with Crippen molar-refractivity contribution in [1.29, 1.82) is 0 Å². The van der Waals surface area contributed by atoms with Crippen molar-refractivity contribution in [2.75, 3.05) is 11.4 Å². The lowest BCUT2D eigenvalue weighted by molar-refractivity contribution is -0.174. The molecule has 1 rings (SSSR count). The smallest absolute Gasteiger partial charge is 0.471 e. The normalized spacial score (nSPS) is 12.1. The van der Waals surface area contributed by atoms with E-state index in [2.05, 4.69) is 9.97 Å². The molecule has 0 fully saturated rings. The fourth-order valence-corrected chi connectivity index (χ4v) is 1.16. The van der Waals surface area contributed by atoms with Gasteiger partial charge >= 0.3 is 24.2 Å². The largest absolute Gasteiger partial charge is 0.476 e. The number of hydrogen-bond donors (Lipinski definition) is 1. The Labute approximate surface area is 112 Å². The molecule has 0 aromatic carbocycles. The Hall–Kier alpha value is -2.40. The molecule has 1 heterocycles. The second kappa shape index (κ2) is 5.54. The zero-order valence-corrected chi connectivity index (χ0v) is 9.73. The summed E-state index contributed by atoms with van der Waals surface area (Å²) in [5, 5.41) is 8.50. The number of carboxylic acids is 1. The predicted octanol–water partition coefficient (Wildman–Crippen LogP) is 1.63. The number of aromatic carboxylic acids is 1. The Morgan fingerprint density at radius 3 is 2.00 bits per heavy atom. The Bertz CT molecular complexity index is 539. The van der Waals surface area contributed by atoms with Gasteiger partial charge in [-0.1, -0.05) is 0 Å². The minimum absolute atomic E-state index is 0.332. The SMILES string of the molecule is O=C(O)c1cnc(N(CC(F)(F)F)C(=O)C(F)(F)F)cn1. The molecule has 0 aliphatic heterocycles. The van der Waals surface area contributed by atoms with Gasteiger partial charge in [-0.15, -0.1) is 0 Å². The van der Waals surface area contributed by atoms with E-state index in [0.29, 0.717) is 12.4 Å². The molecule has 0 spiro atoms. The first kappa shape index (κ1) is 16.7. The minimum Gasteiger partial charge on any atom is -0.476 e. The highest BCUT2D eigenvalue weighted by molar-refractivity contribution is 5.96. The van der Waals surface area contributed by atoms with Crippen LogP contribution in [0.3, 0.4) is 0 Å². The van der Waals surface area contributed by atoms with Gasteiger partial charge in [0, 0.05) is 0 Å². The maximum atomic E-state index is 12.3. The summed E-state index contributed by atoms with van der Waals surface area (Å²) in [6, 6.07) is 0. The number of carbonyl (C=O) groups is 2. The molecule has 0 aliphatic rings. The topological polar surface area (TPSA) is 83.4 Å². The molecule has 0 unspecified atom stereocenters. The van der Waals surface area contributed by atoms with Gasteiger partial charge in [-0.05, 0) is 0 Å². The molecule has 0 saturated heterocycles.